The number of hydrogen-bond acceptors (Lipinski definition) is 5. The molecule has 7 heteroatoms. The Labute approximate surface area is 143 Å². The van der Waals surface area contributed by atoms with Crippen LogP contribution in [0.15, 0.2) is 16.6 Å². The van der Waals surface area contributed by atoms with Gasteiger partial charge in [-0.15, -0.1) is 0 Å². The summed E-state index contributed by atoms with van der Waals surface area (Å²) in [5, 5.41) is 2.60. The first kappa shape index (κ1) is 19.2. The number of halogens is 1. The summed E-state index contributed by atoms with van der Waals surface area (Å²) in [5.41, 5.74) is 2.27. The lowest BCUT2D eigenvalue weighted by Crippen LogP contribution is -2.42. The van der Waals surface area contributed by atoms with Gasteiger partial charge in [0.25, 0.3) is 5.91 Å². The van der Waals surface area contributed by atoms with Gasteiger partial charge in [0.1, 0.15) is 6.04 Å². The van der Waals surface area contributed by atoms with Gasteiger partial charge in [-0.05, 0) is 43.5 Å². The number of benzene rings is 1. The van der Waals surface area contributed by atoms with Gasteiger partial charge in [-0.25, -0.2) is 4.79 Å². The molecule has 1 unspecified atom stereocenters. The Morgan fingerprint density at radius 2 is 1.70 bits per heavy atom. The molecule has 1 amide bonds. The number of esters is 2. The van der Waals surface area contributed by atoms with Crippen molar-refractivity contribution in [2.45, 2.75) is 32.7 Å². The minimum atomic E-state index is -0.907. The van der Waals surface area contributed by atoms with Crippen LogP contribution in [-0.2, 0) is 19.1 Å². The van der Waals surface area contributed by atoms with Crippen molar-refractivity contribution in [1.82, 2.24) is 5.32 Å². The fraction of sp³-hybridized carbons (Fsp3) is 0.438. The highest BCUT2D eigenvalue weighted by molar-refractivity contribution is 9.10. The number of carbonyl (C=O) groups is 3. The molecule has 1 aromatic carbocycles. The van der Waals surface area contributed by atoms with Crippen LogP contribution >= 0.6 is 15.9 Å². The van der Waals surface area contributed by atoms with Gasteiger partial charge in [0, 0.05) is 16.5 Å². The van der Waals surface area contributed by atoms with Crippen LogP contribution in [0.3, 0.4) is 0 Å². The van der Waals surface area contributed by atoms with Crippen molar-refractivity contribution >= 4 is 33.8 Å². The highest BCUT2D eigenvalue weighted by Gasteiger charge is 2.23. The summed E-state index contributed by atoms with van der Waals surface area (Å²) >= 11 is 3.44. The van der Waals surface area contributed by atoms with Crippen LogP contribution in [-0.4, -0.2) is 38.1 Å². The molecule has 0 fully saturated rings. The SMILES string of the molecule is COC(=O)CCC(NC(=O)c1cc(C)c(Br)c(C)c1)C(=O)OC. The van der Waals surface area contributed by atoms with Crippen molar-refractivity contribution in [1.29, 1.82) is 0 Å². The molecule has 126 valence electrons. The molecule has 23 heavy (non-hydrogen) atoms. The summed E-state index contributed by atoms with van der Waals surface area (Å²) < 4.78 is 10.1. The maximum Gasteiger partial charge on any atom is 0.328 e. The predicted molar refractivity (Wildman–Crippen MR) is 88.1 cm³/mol. The average molecular weight is 386 g/mol. The van der Waals surface area contributed by atoms with Crippen molar-refractivity contribution in [3.05, 3.63) is 33.3 Å². The molecule has 0 saturated carbocycles. The van der Waals surface area contributed by atoms with E-state index in [0.29, 0.717) is 5.56 Å². The Morgan fingerprint density at radius 1 is 1.13 bits per heavy atom. The minimum absolute atomic E-state index is 0.00887. The van der Waals surface area contributed by atoms with Crippen LogP contribution in [0, 0.1) is 13.8 Å². The zero-order valence-corrected chi connectivity index (χ0v) is 15.2. The van der Waals surface area contributed by atoms with E-state index in [1.165, 1.54) is 14.2 Å². The van der Waals surface area contributed by atoms with Gasteiger partial charge in [0.05, 0.1) is 14.2 Å². The van der Waals surface area contributed by atoms with Gasteiger partial charge >= 0.3 is 11.9 Å². The monoisotopic (exact) mass is 385 g/mol. The topological polar surface area (TPSA) is 81.7 Å². The summed E-state index contributed by atoms with van der Waals surface area (Å²) in [7, 11) is 2.50. The summed E-state index contributed by atoms with van der Waals surface area (Å²) in [4.78, 5) is 35.3. The van der Waals surface area contributed by atoms with Gasteiger partial charge in [-0.2, -0.15) is 0 Å². The van der Waals surface area contributed by atoms with Crippen molar-refractivity contribution in [3.63, 3.8) is 0 Å². The average Bonchev–Trinajstić information content (AvgIpc) is 2.54. The molecule has 0 radical (unpaired) electrons. The number of carbonyl (C=O) groups excluding carboxylic acids is 3. The molecule has 1 N–H and O–H groups in total. The molecule has 0 heterocycles. The minimum Gasteiger partial charge on any atom is -0.469 e. The third-order valence-electron chi connectivity index (χ3n) is 3.35. The van der Waals surface area contributed by atoms with Gasteiger partial charge in [0.15, 0.2) is 0 Å². The molecule has 1 atom stereocenters. The molecule has 0 aliphatic heterocycles. The van der Waals surface area contributed by atoms with E-state index >= 15 is 0 Å². The van der Waals surface area contributed by atoms with E-state index in [1.54, 1.807) is 12.1 Å². The quantitative estimate of drug-likeness (QED) is 0.759. The Balaban J connectivity index is 2.88. The third-order valence-corrected chi connectivity index (χ3v) is 4.61. The first-order valence-electron chi connectivity index (χ1n) is 7.02. The van der Waals surface area contributed by atoms with Gasteiger partial charge < -0.3 is 14.8 Å². The molecular formula is C16H20BrNO5. The summed E-state index contributed by atoms with van der Waals surface area (Å²) in [6, 6.07) is 2.54. The lowest BCUT2D eigenvalue weighted by atomic mass is 10.1. The van der Waals surface area contributed by atoms with E-state index < -0.39 is 23.9 Å². The highest BCUT2D eigenvalue weighted by Crippen LogP contribution is 2.22. The van der Waals surface area contributed by atoms with E-state index in [1.807, 2.05) is 13.8 Å². The largest absolute Gasteiger partial charge is 0.469 e. The van der Waals surface area contributed by atoms with E-state index in [2.05, 4.69) is 30.7 Å². The molecular weight excluding hydrogens is 366 g/mol. The third kappa shape index (κ3) is 5.35. The molecule has 1 rings (SSSR count). The number of ether oxygens (including phenoxy) is 2. The van der Waals surface area contributed by atoms with Crippen molar-refractivity contribution in [2.75, 3.05) is 14.2 Å². The van der Waals surface area contributed by atoms with Crippen LogP contribution in [0.2, 0.25) is 0 Å². The smallest absolute Gasteiger partial charge is 0.328 e. The number of rotatable bonds is 6. The maximum atomic E-state index is 12.4. The standard InChI is InChI=1S/C16H20BrNO5/c1-9-7-11(8-10(2)14(9)17)15(20)18-12(16(21)23-4)5-6-13(19)22-3/h7-8,12H,5-6H2,1-4H3,(H,18,20). The zero-order chi connectivity index (χ0) is 17.6. The summed E-state index contributed by atoms with van der Waals surface area (Å²) in [5.74, 6) is -1.46. The van der Waals surface area contributed by atoms with Gasteiger partial charge in [-0.1, -0.05) is 15.9 Å². The number of amides is 1. The lowest BCUT2D eigenvalue weighted by Gasteiger charge is -2.16. The van der Waals surface area contributed by atoms with E-state index in [-0.39, 0.29) is 12.8 Å². The van der Waals surface area contributed by atoms with Crippen LogP contribution in [0.5, 0.6) is 0 Å². The molecule has 0 aromatic heterocycles. The fourth-order valence-electron chi connectivity index (χ4n) is 2.07. The lowest BCUT2D eigenvalue weighted by molar-refractivity contribution is -0.144. The van der Waals surface area contributed by atoms with E-state index in [4.69, 9.17) is 0 Å². The molecule has 6 nitrogen and oxygen atoms in total. The second-order valence-corrected chi connectivity index (χ2v) is 5.88. The van der Waals surface area contributed by atoms with Crippen LogP contribution in [0.1, 0.15) is 34.3 Å². The Morgan fingerprint density at radius 3 is 2.17 bits per heavy atom. The van der Waals surface area contributed by atoms with Crippen LogP contribution < -0.4 is 5.32 Å². The van der Waals surface area contributed by atoms with Crippen molar-refractivity contribution in [2.24, 2.45) is 0 Å². The Kier molecular flexibility index (Phi) is 7.22. The van der Waals surface area contributed by atoms with E-state index in [0.717, 1.165) is 15.6 Å². The summed E-state index contributed by atoms with van der Waals surface area (Å²) in [6.45, 7) is 3.76. The molecule has 0 aliphatic carbocycles. The second-order valence-electron chi connectivity index (χ2n) is 5.09. The number of aryl methyl sites for hydroxylation is 2. The first-order chi connectivity index (χ1) is 10.8. The molecule has 0 bridgehead atoms. The molecule has 0 aliphatic rings. The van der Waals surface area contributed by atoms with Gasteiger partial charge in [-0.3, -0.25) is 9.59 Å². The van der Waals surface area contributed by atoms with Gasteiger partial charge in [0.2, 0.25) is 0 Å². The number of nitrogens with one attached hydrogen (secondary N) is 1. The van der Waals surface area contributed by atoms with Crippen LogP contribution in [0.25, 0.3) is 0 Å². The molecule has 1 aromatic rings. The Bertz CT molecular complexity index is 591. The molecule has 0 saturated heterocycles. The molecule has 0 spiro atoms. The van der Waals surface area contributed by atoms with Crippen molar-refractivity contribution < 1.29 is 23.9 Å². The second kappa shape index (κ2) is 8.67. The normalized spacial score (nSPS) is 11.5. The highest BCUT2D eigenvalue weighted by atomic mass is 79.9. The fourth-order valence-corrected chi connectivity index (χ4v) is 2.30. The Hall–Kier alpha value is -1.89. The number of methoxy groups -OCH3 is 2. The first-order valence-corrected chi connectivity index (χ1v) is 7.81. The predicted octanol–water partition coefficient (Wildman–Crippen LogP) is 2.29. The van der Waals surface area contributed by atoms with Crippen molar-refractivity contribution in [3.8, 4) is 0 Å². The maximum absolute atomic E-state index is 12.4. The number of hydrogen-bond donors (Lipinski definition) is 1. The van der Waals surface area contributed by atoms with Crippen LogP contribution in [0.4, 0.5) is 0 Å². The van der Waals surface area contributed by atoms with E-state index in [9.17, 15) is 14.4 Å². The zero-order valence-electron chi connectivity index (χ0n) is 13.6. The summed E-state index contributed by atoms with van der Waals surface area (Å²) in [6.07, 6.45) is 0.120.